The van der Waals surface area contributed by atoms with Crippen LogP contribution in [-0.4, -0.2) is 62.2 Å². The number of nitrogens with one attached hydrogen (secondary N) is 1. The van der Waals surface area contributed by atoms with Crippen molar-refractivity contribution in [3.8, 4) is 0 Å². The second kappa shape index (κ2) is 6.58. The fraction of sp³-hybridized carbons (Fsp3) is 1.00. The summed E-state index contributed by atoms with van der Waals surface area (Å²) in [5.74, 6) is 0. The normalized spacial score (nSPS) is 23.6. The quantitative estimate of drug-likeness (QED) is 0.766. The maximum absolute atomic E-state index is 3.33. The lowest BCUT2D eigenvalue weighted by Gasteiger charge is -2.39. The van der Waals surface area contributed by atoms with E-state index in [2.05, 4.69) is 50.1 Å². The van der Waals surface area contributed by atoms with E-state index in [0.717, 1.165) is 6.04 Å². The Morgan fingerprint density at radius 1 is 1.25 bits per heavy atom. The fourth-order valence-corrected chi connectivity index (χ4v) is 2.62. The molecular formula is C13H29N3. The highest BCUT2D eigenvalue weighted by Gasteiger charge is 2.24. The second-order valence-corrected chi connectivity index (χ2v) is 5.51. The van der Waals surface area contributed by atoms with Crippen molar-refractivity contribution in [2.45, 2.75) is 51.2 Å². The zero-order valence-corrected chi connectivity index (χ0v) is 11.7. The molecule has 0 spiro atoms. The van der Waals surface area contributed by atoms with E-state index >= 15 is 0 Å². The zero-order chi connectivity index (χ0) is 12.1. The highest BCUT2D eigenvalue weighted by molar-refractivity contribution is 4.81. The summed E-state index contributed by atoms with van der Waals surface area (Å²) in [6.45, 7) is 7.16. The van der Waals surface area contributed by atoms with E-state index in [1.54, 1.807) is 0 Å². The number of hydrogen-bond acceptors (Lipinski definition) is 3. The number of rotatable bonds is 5. The summed E-state index contributed by atoms with van der Waals surface area (Å²) >= 11 is 0. The number of likely N-dealkylation sites (tertiary alicyclic amines) is 1. The average Bonchev–Trinajstić information content (AvgIpc) is 2.28. The molecule has 1 N–H and O–H groups in total. The topological polar surface area (TPSA) is 18.5 Å². The van der Waals surface area contributed by atoms with Crippen molar-refractivity contribution in [3.05, 3.63) is 0 Å². The summed E-state index contributed by atoms with van der Waals surface area (Å²) < 4.78 is 0. The maximum Gasteiger partial charge on any atom is 0.0113 e. The van der Waals surface area contributed by atoms with Crippen molar-refractivity contribution in [2.24, 2.45) is 0 Å². The molecule has 1 fully saturated rings. The fourth-order valence-electron chi connectivity index (χ4n) is 2.62. The first-order chi connectivity index (χ1) is 7.54. The molecule has 2 atom stereocenters. The molecule has 0 amide bonds. The van der Waals surface area contributed by atoms with Crippen LogP contribution in [0.3, 0.4) is 0 Å². The van der Waals surface area contributed by atoms with Crippen LogP contribution >= 0.6 is 0 Å². The Balaban J connectivity index is 2.30. The lowest BCUT2D eigenvalue weighted by molar-refractivity contribution is 0.107. The monoisotopic (exact) mass is 227 g/mol. The van der Waals surface area contributed by atoms with Crippen LogP contribution in [-0.2, 0) is 0 Å². The molecule has 1 aliphatic heterocycles. The molecule has 0 aromatic rings. The minimum atomic E-state index is 0.626. The summed E-state index contributed by atoms with van der Waals surface area (Å²) in [6.07, 6.45) is 3.90. The van der Waals surface area contributed by atoms with E-state index in [-0.39, 0.29) is 0 Å². The first kappa shape index (κ1) is 13.9. The molecule has 2 unspecified atom stereocenters. The van der Waals surface area contributed by atoms with Gasteiger partial charge in [-0.1, -0.05) is 0 Å². The Morgan fingerprint density at radius 2 is 1.81 bits per heavy atom. The van der Waals surface area contributed by atoms with Crippen molar-refractivity contribution < 1.29 is 0 Å². The molecule has 3 heteroatoms. The van der Waals surface area contributed by atoms with E-state index in [1.165, 1.54) is 32.4 Å². The minimum absolute atomic E-state index is 0.626. The van der Waals surface area contributed by atoms with Gasteiger partial charge in [-0.3, -0.25) is 0 Å². The molecule has 0 saturated carbocycles. The van der Waals surface area contributed by atoms with Gasteiger partial charge in [0.25, 0.3) is 0 Å². The molecule has 3 nitrogen and oxygen atoms in total. The van der Waals surface area contributed by atoms with Crippen molar-refractivity contribution >= 4 is 0 Å². The third-order valence-electron chi connectivity index (χ3n) is 4.04. The molecule has 0 bridgehead atoms. The Hall–Kier alpha value is -0.120. The third kappa shape index (κ3) is 4.04. The summed E-state index contributed by atoms with van der Waals surface area (Å²) in [6, 6.07) is 2.14. The summed E-state index contributed by atoms with van der Waals surface area (Å²) in [4.78, 5) is 5.02. The van der Waals surface area contributed by atoms with Crippen molar-refractivity contribution in [3.63, 3.8) is 0 Å². The molecule has 0 radical (unpaired) electrons. The van der Waals surface area contributed by atoms with Gasteiger partial charge in [0.05, 0.1) is 0 Å². The first-order valence-electron chi connectivity index (χ1n) is 6.62. The van der Waals surface area contributed by atoms with Gasteiger partial charge in [0, 0.05) is 18.1 Å². The molecule has 0 aromatic heterocycles. The van der Waals surface area contributed by atoms with Gasteiger partial charge in [0.2, 0.25) is 0 Å². The Bertz CT molecular complexity index is 186. The van der Waals surface area contributed by atoms with E-state index in [1.807, 2.05) is 0 Å². The van der Waals surface area contributed by atoms with Gasteiger partial charge in [-0.15, -0.1) is 0 Å². The smallest absolute Gasteiger partial charge is 0.0113 e. The molecule has 0 aliphatic carbocycles. The summed E-state index contributed by atoms with van der Waals surface area (Å²) in [5.41, 5.74) is 0. The van der Waals surface area contributed by atoms with Gasteiger partial charge < -0.3 is 15.1 Å². The SMILES string of the molecule is CNC(C)CC(C)N1CCC(N(C)C)CC1. The van der Waals surface area contributed by atoms with Crippen LogP contribution in [0.15, 0.2) is 0 Å². The van der Waals surface area contributed by atoms with Crippen LogP contribution in [0.25, 0.3) is 0 Å². The number of piperidine rings is 1. The zero-order valence-electron chi connectivity index (χ0n) is 11.7. The maximum atomic E-state index is 3.33. The molecule has 1 rings (SSSR count). The average molecular weight is 227 g/mol. The molecule has 0 aromatic carbocycles. The van der Waals surface area contributed by atoms with Gasteiger partial charge in [0.15, 0.2) is 0 Å². The van der Waals surface area contributed by atoms with Gasteiger partial charge >= 0.3 is 0 Å². The van der Waals surface area contributed by atoms with Crippen LogP contribution in [0, 0.1) is 0 Å². The van der Waals surface area contributed by atoms with Gasteiger partial charge in [-0.25, -0.2) is 0 Å². The standard InChI is InChI=1S/C13H29N3/c1-11(14-3)10-12(2)16-8-6-13(7-9-16)15(4)5/h11-14H,6-10H2,1-5H3. The van der Waals surface area contributed by atoms with Crippen LogP contribution < -0.4 is 5.32 Å². The van der Waals surface area contributed by atoms with E-state index in [4.69, 9.17) is 0 Å². The van der Waals surface area contributed by atoms with Crippen molar-refractivity contribution in [2.75, 3.05) is 34.2 Å². The molecule has 1 heterocycles. The largest absolute Gasteiger partial charge is 0.317 e. The second-order valence-electron chi connectivity index (χ2n) is 5.51. The van der Waals surface area contributed by atoms with Gasteiger partial charge in [0.1, 0.15) is 0 Å². The van der Waals surface area contributed by atoms with Crippen LogP contribution in [0.2, 0.25) is 0 Å². The van der Waals surface area contributed by atoms with Crippen molar-refractivity contribution in [1.29, 1.82) is 0 Å². The Labute approximate surface area is 101 Å². The Kier molecular flexibility index (Phi) is 5.73. The summed E-state index contributed by atoms with van der Waals surface area (Å²) in [5, 5.41) is 3.33. The number of hydrogen-bond donors (Lipinski definition) is 1. The van der Waals surface area contributed by atoms with E-state index in [9.17, 15) is 0 Å². The third-order valence-corrected chi connectivity index (χ3v) is 4.04. The molecule has 1 saturated heterocycles. The van der Waals surface area contributed by atoms with Gasteiger partial charge in [-0.05, 0) is 67.3 Å². The van der Waals surface area contributed by atoms with Crippen LogP contribution in [0.1, 0.15) is 33.1 Å². The predicted octanol–water partition coefficient (Wildman–Crippen LogP) is 1.40. The van der Waals surface area contributed by atoms with Gasteiger partial charge in [-0.2, -0.15) is 0 Å². The van der Waals surface area contributed by atoms with Crippen LogP contribution in [0.4, 0.5) is 0 Å². The molecular weight excluding hydrogens is 198 g/mol. The van der Waals surface area contributed by atoms with E-state index in [0.29, 0.717) is 12.1 Å². The lowest BCUT2D eigenvalue weighted by Crippen LogP contribution is -2.46. The predicted molar refractivity (Wildman–Crippen MR) is 70.9 cm³/mol. The lowest BCUT2D eigenvalue weighted by atomic mass is 10.0. The van der Waals surface area contributed by atoms with Crippen LogP contribution in [0.5, 0.6) is 0 Å². The van der Waals surface area contributed by atoms with E-state index < -0.39 is 0 Å². The Morgan fingerprint density at radius 3 is 2.25 bits per heavy atom. The highest BCUT2D eigenvalue weighted by atomic mass is 15.2. The minimum Gasteiger partial charge on any atom is -0.317 e. The molecule has 96 valence electrons. The molecule has 1 aliphatic rings. The summed E-state index contributed by atoms with van der Waals surface area (Å²) in [7, 11) is 6.45. The first-order valence-corrected chi connectivity index (χ1v) is 6.62. The van der Waals surface area contributed by atoms with Crippen molar-refractivity contribution in [1.82, 2.24) is 15.1 Å². The molecule has 16 heavy (non-hydrogen) atoms. The highest BCUT2D eigenvalue weighted by Crippen LogP contribution is 2.18. The number of nitrogens with zero attached hydrogens (tertiary/aromatic N) is 2.